The van der Waals surface area contributed by atoms with Gasteiger partial charge >= 0.3 is 0 Å². The quantitative estimate of drug-likeness (QED) is 0.614. The Bertz CT molecular complexity index is 623. The van der Waals surface area contributed by atoms with Gasteiger partial charge in [-0.05, 0) is 38.5 Å². The average Bonchev–Trinajstić information content (AvgIpc) is 3.52. The molecule has 6 aliphatic rings. The Kier molecular flexibility index (Phi) is 7.52. The summed E-state index contributed by atoms with van der Waals surface area (Å²) in [5.74, 6) is 0. The maximum Gasteiger partial charge on any atom is 0.198 e. The molecule has 6 unspecified atom stereocenters. The van der Waals surface area contributed by atoms with Gasteiger partial charge in [-0.1, -0.05) is 19.3 Å². The van der Waals surface area contributed by atoms with Crippen LogP contribution in [0.1, 0.15) is 64.2 Å². The van der Waals surface area contributed by atoms with E-state index in [1.54, 1.807) is 0 Å². The molecule has 6 saturated heterocycles. The summed E-state index contributed by atoms with van der Waals surface area (Å²) in [7, 11) is 0. The first kappa shape index (κ1) is 23.1. The van der Waals surface area contributed by atoms with Crippen LogP contribution >= 0.6 is 0 Å². The lowest BCUT2D eigenvalue weighted by Crippen LogP contribution is -2.61. The van der Waals surface area contributed by atoms with Crippen LogP contribution in [0.5, 0.6) is 0 Å². The van der Waals surface area contributed by atoms with Crippen molar-refractivity contribution < 1.29 is 23.7 Å². The predicted molar refractivity (Wildman–Crippen MR) is 123 cm³/mol. The third kappa shape index (κ3) is 5.00. The molecule has 188 valence electrons. The van der Waals surface area contributed by atoms with Gasteiger partial charge in [0, 0.05) is 45.7 Å². The van der Waals surface area contributed by atoms with E-state index >= 15 is 0 Å². The van der Waals surface area contributed by atoms with Crippen molar-refractivity contribution in [2.45, 2.75) is 107 Å². The standard InChI is InChI=1S/C25H43N3O5/c1-4-11-26(12-5-1)22-19(10-17-29-22)31-25-24(28-15-8-3-9-16-28)33-21-20(32-25)18-30-23(21)27-13-6-2-7-14-27/h19-25H,1-18H2/t19?,20?,21?,22-,23?,24?,25?/m0/s1. The molecule has 8 nitrogen and oxygen atoms in total. The zero-order valence-electron chi connectivity index (χ0n) is 20.2. The molecule has 6 aliphatic heterocycles. The van der Waals surface area contributed by atoms with Crippen LogP contribution in [-0.2, 0) is 23.7 Å². The third-order valence-corrected chi connectivity index (χ3v) is 8.49. The Morgan fingerprint density at radius 2 is 1.15 bits per heavy atom. The molecule has 0 amide bonds. The van der Waals surface area contributed by atoms with E-state index in [4.69, 9.17) is 23.7 Å². The molecule has 0 bridgehead atoms. The van der Waals surface area contributed by atoms with Crippen LogP contribution in [0.2, 0.25) is 0 Å². The van der Waals surface area contributed by atoms with Gasteiger partial charge in [-0.3, -0.25) is 14.7 Å². The Balaban J connectivity index is 1.16. The largest absolute Gasteiger partial charge is 0.360 e. The van der Waals surface area contributed by atoms with Gasteiger partial charge in [-0.25, -0.2) is 0 Å². The summed E-state index contributed by atoms with van der Waals surface area (Å²) in [6.45, 7) is 7.88. The fraction of sp³-hybridized carbons (Fsp3) is 1.00. The molecule has 0 aromatic rings. The number of rotatable bonds is 5. The highest BCUT2D eigenvalue weighted by Gasteiger charge is 2.52. The summed E-state index contributed by atoms with van der Waals surface area (Å²) in [5, 5.41) is 0. The second-order valence-corrected chi connectivity index (χ2v) is 10.8. The van der Waals surface area contributed by atoms with Crippen LogP contribution in [0.25, 0.3) is 0 Å². The Morgan fingerprint density at radius 3 is 1.79 bits per heavy atom. The summed E-state index contributed by atoms with van der Waals surface area (Å²) in [5.41, 5.74) is 0. The van der Waals surface area contributed by atoms with Crippen molar-refractivity contribution in [2.24, 2.45) is 0 Å². The van der Waals surface area contributed by atoms with Crippen molar-refractivity contribution in [3.8, 4) is 0 Å². The van der Waals surface area contributed by atoms with Gasteiger partial charge in [0.25, 0.3) is 0 Å². The van der Waals surface area contributed by atoms with Gasteiger partial charge < -0.3 is 23.7 Å². The van der Waals surface area contributed by atoms with Crippen LogP contribution in [0, 0.1) is 0 Å². The zero-order valence-corrected chi connectivity index (χ0v) is 20.2. The molecule has 0 N–H and O–H groups in total. The van der Waals surface area contributed by atoms with E-state index in [0.29, 0.717) is 6.61 Å². The first-order valence-electron chi connectivity index (χ1n) is 13.8. The number of hydrogen-bond acceptors (Lipinski definition) is 8. The van der Waals surface area contributed by atoms with E-state index in [2.05, 4.69) is 14.7 Å². The maximum atomic E-state index is 6.87. The van der Waals surface area contributed by atoms with Crippen molar-refractivity contribution in [2.75, 3.05) is 52.5 Å². The molecule has 0 radical (unpaired) electrons. The summed E-state index contributed by atoms with van der Waals surface area (Å²) in [4.78, 5) is 7.42. The van der Waals surface area contributed by atoms with Crippen LogP contribution in [0.15, 0.2) is 0 Å². The molecule has 6 rings (SSSR count). The topological polar surface area (TPSA) is 55.9 Å². The molecular weight excluding hydrogens is 422 g/mol. The fourth-order valence-electron chi connectivity index (χ4n) is 6.70. The molecule has 7 atom stereocenters. The van der Waals surface area contributed by atoms with Gasteiger partial charge in [-0.2, -0.15) is 0 Å². The van der Waals surface area contributed by atoms with Crippen LogP contribution in [0.4, 0.5) is 0 Å². The lowest BCUT2D eigenvalue weighted by Gasteiger charge is -2.47. The lowest BCUT2D eigenvalue weighted by molar-refractivity contribution is -0.343. The monoisotopic (exact) mass is 465 g/mol. The molecule has 8 heteroatoms. The fourth-order valence-corrected chi connectivity index (χ4v) is 6.70. The minimum atomic E-state index is -0.382. The summed E-state index contributed by atoms with van der Waals surface area (Å²) in [6, 6.07) is 0. The number of hydrogen-bond donors (Lipinski definition) is 0. The van der Waals surface area contributed by atoms with Gasteiger partial charge in [0.1, 0.15) is 30.8 Å². The molecule has 6 fully saturated rings. The van der Waals surface area contributed by atoms with Gasteiger partial charge in [0.2, 0.25) is 0 Å². The molecule has 0 saturated carbocycles. The van der Waals surface area contributed by atoms with Crippen LogP contribution in [0.3, 0.4) is 0 Å². The van der Waals surface area contributed by atoms with Crippen molar-refractivity contribution in [3.05, 3.63) is 0 Å². The van der Waals surface area contributed by atoms with Crippen molar-refractivity contribution >= 4 is 0 Å². The Hall–Kier alpha value is -0.320. The molecule has 0 aromatic carbocycles. The van der Waals surface area contributed by atoms with E-state index in [1.165, 1.54) is 57.8 Å². The van der Waals surface area contributed by atoms with E-state index < -0.39 is 0 Å². The number of fused-ring (bicyclic) bond motifs is 1. The first-order chi connectivity index (χ1) is 16.4. The molecule has 0 aliphatic carbocycles. The summed E-state index contributed by atoms with van der Waals surface area (Å²) < 4.78 is 32.8. The number of nitrogens with zero attached hydrogens (tertiary/aromatic N) is 3. The van der Waals surface area contributed by atoms with E-state index in [9.17, 15) is 0 Å². The predicted octanol–water partition coefficient (Wildman–Crippen LogP) is 2.37. The number of piperidine rings is 3. The normalized spacial score (nSPS) is 44.2. The summed E-state index contributed by atoms with van der Waals surface area (Å²) in [6.07, 6.45) is 11.8. The number of likely N-dealkylation sites (tertiary alicyclic amines) is 3. The average molecular weight is 466 g/mol. The molecule has 0 aromatic heterocycles. The SMILES string of the molecule is C1CCN(C2OC3C(COC3N3CCCCC3)OC2OC2CCO[C@@H]2N2CCCCC2)CC1. The molecule has 33 heavy (non-hydrogen) atoms. The zero-order chi connectivity index (χ0) is 22.0. The highest BCUT2D eigenvalue weighted by molar-refractivity contribution is 4.93. The van der Waals surface area contributed by atoms with Gasteiger partial charge in [0.05, 0.1) is 13.2 Å². The van der Waals surface area contributed by atoms with Crippen molar-refractivity contribution in [1.29, 1.82) is 0 Å². The summed E-state index contributed by atoms with van der Waals surface area (Å²) >= 11 is 0. The maximum absolute atomic E-state index is 6.87. The van der Waals surface area contributed by atoms with Crippen LogP contribution in [-0.4, -0.2) is 110 Å². The van der Waals surface area contributed by atoms with E-state index in [1.807, 2.05) is 0 Å². The minimum absolute atomic E-state index is 0.0134. The lowest BCUT2D eigenvalue weighted by atomic mass is 10.1. The molecule has 6 heterocycles. The van der Waals surface area contributed by atoms with Crippen molar-refractivity contribution in [3.63, 3.8) is 0 Å². The highest BCUT2D eigenvalue weighted by Crippen LogP contribution is 2.36. The van der Waals surface area contributed by atoms with Crippen molar-refractivity contribution in [1.82, 2.24) is 14.7 Å². The minimum Gasteiger partial charge on any atom is -0.360 e. The van der Waals surface area contributed by atoms with E-state index in [0.717, 1.165) is 52.3 Å². The molecular formula is C25H43N3O5. The highest BCUT2D eigenvalue weighted by atomic mass is 16.8. The van der Waals surface area contributed by atoms with E-state index in [-0.39, 0.29) is 43.3 Å². The number of ether oxygens (including phenoxy) is 5. The van der Waals surface area contributed by atoms with Gasteiger partial charge in [0.15, 0.2) is 12.5 Å². The Morgan fingerprint density at radius 1 is 0.576 bits per heavy atom. The second-order valence-electron chi connectivity index (χ2n) is 10.8. The first-order valence-corrected chi connectivity index (χ1v) is 13.8. The van der Waals surface area contributed by atoms with Gasteiger partial charge in [-0.15, -0.1) is 0 Å². The smallest absolute Gasteiger partial charge is 0.198 e. The third-order valence-electron chi connectivity index (χ3n) is 8.49. The Labute approximate surface area is 198 Å². The van der Waals surface area contributed by atoms with Crippen LogP contribution < -0.4 is 0 Å². The second kappa shape index (κ2) is 10.7. The molecule has 0 spiro atoms.